The van der Waals surface area contributed by atoms with E-state index in [4.69, 9.17) is 0 Å². The summed E-state index contributed by atoms with van der Waals surface area (Å²) < 4.78 is 5.84. The van der Waals surface area contributed by atoms with Gasteiger partial charge < -0.3 is 0 Å². The van der Waals surface area contributed by atoms with Crippen LogP contribution >= 0.6 is 0 Å². The van der Waals surface area contributed by atoms with Gasteiger partial charge in [0.1, 0.15) is 0 Å². The van der Waals surface area contributed by atoms with Crippen LogP contribution in [0.25, 0.3) is 5.69 Å². The molecule has 0 atom stereocenters. The number of aromatic nitrogens is 2. The van der Waals surface area contributed by atoms with Gasteiger partial charge in [-0.2, -0.15) is 0 Å². The zero-order valence-electron chi connectivity index (χ0n) is 12.4. The van der Waals surface area contributed by atoms with Crippen molar-refractivity contribution in [2.45, 2.75) is 52.5 Å². The second-order valence-corrected chi connectivity index (χ2v) is 6.66. The summed E-state index contributed by atoms with van der Waals surface area (Å²) in [5.74, 6) is 0. The molecule has 1 aromatic heterocycles. The standard InChI is InChI=1S/C17H22N2.Ag/c1-13-10-14(2)17(15(3)11-13)19-9-8-18(12-19)16-6-4-5-7-16;/h8-11,16H,4-7H2,1-3H3;. The number of rotatable bonds is 2. The number of hydrogen-bond acceptors (Lipinski definition) is 0. The predicted octanol–water partition coefficient (Wildman–Crippen LogP) is 4.40. The van der Waals surface area contributed by atoms with E-state index in [1.165, 1.54) is 48.1 Å². The maximum atomic E-state index is 3.83. The van der Waals surface area contributed by atoms with Gasteiger partial charge in [-0.3, -0.25) is 0 Å². The van der Waals surface area contributed by atoms with E-state index in [1.807, 2.05) is 0 Å². The summed E-state index contributed by atoms with van der Waals surface area (Å²) in [5.41, 5.74) is 5.29. The van der Waals surface area contributed by atoms with Crippen molar-refractivity contribution >= 4 is 0 Å². The third kappa shape index (κ3) is 2.41. The number of aryl methyl sites for hydroxylation is 3. The van der Waals surface area contributed by atoms with Gasteiger partial charge in [-0.25, -0.2) is 0 Å². The molecule has 111 valence electrons. The number of benzene rings is 1. The summed E-state index contributed by atoms with van der Waals surface area (Å²) in [6.07, 6.45) is 9.73. The molecule has 0 N–H and O–H groups in total. The molecule has 1 saturated carbocycles. The van der Waals surface area contributed by atoms with Crippen LogP contribution in [-0.4, -0.2) is 9.13 Å². The number of hydrogen-bond donors (Lipinski definition) is 0. The molecule has 3 heteroatoms. The molecular formula is C17H22AgN2. The van der Waals surface area contributed by atoms with Crippen molar-refractivity contribution in [3.05, 3.63) is 44.8 Å². The van der Waals surface area contributed by atoms with Gasteiger partial charge >= 0.3 is 133 Å². The van der Waals surface area contributed by atoms with E-state index >= 15 is 0 Å². The molecule has 20 heavy (non-hydrogen) atoms. The van der Waals surface area contributed by atoms with Gasteiger partial charge in [-0.15, -0.1) is 0 Å². The van der Waals surface area contributed by atoms with Crippen LogP contribution in [0.3, 0.4) is 0 Å². The summed E-state index contributed by atoms with van der Waals surface area (Å²) in [5, 5.41) is 0. The molecule has 1 aliphatic carbocycles. The second kappa shape index (κ2) is 5.51. The van der Waals surface area contributed by atoms with Gasteiger partial charge in [0.2, 0.25) is 0 Å². The van der Waals surface area contributed by atoms with Crippen molar-refractivity contribution in [2.75, 3.05) is 0 Å². The van der Waals surface area contributed by atoms with Crippen molar-refractivity contribution in [1.82, 2.24) is 9.13 Å². The molecule has 0 bridgehead atoms. The van der Waals surface area contributed by atoms with Gasteiger partial charge in [-0.1, -0.05) is 0 Å². The van der Waals surface area contributed by atoms with E-state index in [0.29, 0.717) is 6.04 Å². The van der Waals surface area contributed by atoms with Crippen LogP contribution in [0.5, 0.6) is 0 Å². The van der Waals surface area contributed by atoms with E-state index in [-0.39, 0.29) is 0 Å². The molecule has 0 amide bonds. The summed E-state index contributed by atoms with van der Waals surface area (Å²) in [7, 11) is 0. The molecule has 2 nitrogen and oxygen atoms in total. The summed E-state index contributed by atoms with van der Waals surface area (Å²) >= 11 is 3.83. The van der Waals surface area contributed by atoms with E-state index in [9.17, 15) is 0 Å². The van der Waals surface area contributed by atoms with E-state index in [0.717, 1.165) is 3.63 Å². The van der Waals surface area contributed by atoms with Crippen molar-refractivity contribution in [1.29, 1.82) is 0 Å². The van der Waals surface area contributed by atoms with Crippen molar-refractivity contribution in [2.24, 2.45) is 0 Å². The summed E-state index contributed by atoms with van der Waals surface area (Å²) in [4.78, 5) is 0. The van der Waals surface area contributed by atoms with Gasteiger partial charge in [0.15, 0.2) is 0 Å². The zero-order valence-corrected chi connectivity index (χ0v) is 13.9. The van der Waals surface area contributed by atoms with Crippen molar-refractivity contribution < 1.29 is 20.6 Å². The molecule has 0 aliphatic heterocycles. The van der Waals surface area contributed by atoms with E-state index in [1.54, 1.807) is 0 Å². The first-order chi connectivity index (χ1) is 9.58. The Bertz CT molecular complexity index is 664. The fourth-order valence-electron chi connectivity index (χ4n) is 3.53. The molecular weight excluding hydrogens is 340 g/mol. The van der Waals surface area contributed by atoms with Crippen LogP contribution in [0, 0.1) is 24.4 Å². The fraction of sp³-hybridized carbons (Fsp3) is 0.471. The Balaban J connectivity index is 2.10. The molecule has 0 saturated heterocycles. The maximum absolute atomic E-state index is 3.83. The Morgan fingerprint density at radius 1 is 1.00 bits per heavy atom. The normalized spacial score (nSPS) is 16.1. The SMILES string of the molecule is Cc1cc(C)c(-n2ccn(C3CCCC3)[c]2=[Ag])c(C)c1. The van der Waals surface area contributed by atoms with Gasteiger partial charge in [0.25, 0.3) is 0 Å². The summed E-state index contributed by atoms with van der Waals surface area (Å²) in [6, 6.07) is 5.18. The summed E-state index contributed by atoms with van der Waals surface area (Å²) in [6.45, 7) is 6.55. The quantitative estimate of drug-likeness (QED) is 0.701. The minimum absolute atomic E-state index is 0.663. The zero-order chi connectivity index (χ0) is 14.3. The van der Waals surface area contributed by atoms with Gasteiger partial charge in [0, 0.05) is 0 Å². The first kappa shape index (κ1) is 14.1. The molecule has 1 fully saturated rings. The molecule has 2 aromatic rings. The molecule has 1 aliphatic rings. The average molecular weight is 362 g/mol. The number of imidazole rings is 1. The van der Waals surface area contributed by atoms with Crippen molar-refractivity contribution in [3.8, 4) is 5.69 Å². The van der Waals surface area contributed by atoms with E-state index < -0.39 is 0 Å². The van der Waals surface area contributed by atoms with Crippen LogP contribution in [0.1, 0.15) is 48.4 Å². The Kier molecular flexibility index (Phi) is 3.89. The minimum atomic E-state index is 0.663. The molecule has 0 radical (unpaired) electrons. The first-order valence-electron chi connectivity index (χ1n) is 7.40. The van der Waals surface area contributed by atoms with Crippen LogP contribution < -0.4 is 0 Å². The molecule has 1 heterocycles. The fourth-order valence-corrected chi connectivity index (χ4v) is 4.18. The third-order valence-corrected chi connectivity index (χ3v) is 5.08. The Labute approximate surface area is 132 Å². The molecule has 3 rings (SSSR count). The van der Waals surface area contributed by atoms with Gasteiger partial charge in [0.05, 0.1) is 0 Å². The Morgan fingerprint density at radius 2 is 1.60 bits per heavy atom. The predicted molar refractivity (Wildman–Crippen MR) is 78.7 cm³/mol. The Hall–Kier alpha value is -0.830. The van der Waals surface area contributed by atoms with Crippen LogP contribution in [-0.2, 0) is 20.6 Å². The van der Waals surface area contributed by atoms with Gasteiger partial charge in [-0.05, 0) is 0 Å². The van der Waals surface area contributed by atoms with Crippen LogP contribution in [0.15, 0.2) is 24.5 Å². The van der Waals surface area contributed by atoms with E-state index in [2.05, 4.69) is 75.0 Å². The molecule has 0 spiro atoms. The topological polar surface area (TPSA) is 9.86 Å². The van der Waals surface area contributed by atoms with Crippen LogP contribution in [0.4, 0.5) is 0 Å². The molecule has 1 aromatic carbocycles. The average Bonchev–Trinajstić information content (AvgIpc) is 2.99. The second-order valence-electron chi connectivity index (χ2n) is 6.00. The van der Waals surface area contributed by atoms with Crippen LogP contribution in [0.2, 0.25) is 0 Å². The Morgan fingerprint density at radius 3 is 2.20 bits per heavy atom. The monoisotopic (exact) mass is 361 g/mol. The van der Waals surface area contributed by atoms with Crippen molar-refractivity contribution in [3.63, 3.8) is 0 Å². The third-order valence-electron chi connectivity index (χ3n) is 4.34. The first-order valence-corrected chi connectivity index (χ1v) is 8.14. The number of nitrogens with zero attached hydrogens (tertiary/aromatic N) is 2. The molecule has 0 unspecified atom stereocenters.